The van der Waals surface area contributed by atoms with Crippen molar-refractivity contribution in [3.63, 3.8) is 0 Å². The summed E-state index contributed by atoms with van der Waals surface area (Å²) in [4.78, 5) is 4.77. The van der Waals surface area contributed by atoms with Crippen LogP contribution in [0.4, 0.5) is 0 Å². The first-order valence-electron chi connectivity index (χ1n) is 6.24. The molecule has 1 aliphatic rings. The quantitative estimate of drug-likeness (QED) is 0.818. The predicted molar refractivity (Wildman–Crippen MR) is 75.4 cm³/mol. The number of fused-ring (bicyclic) bond motifs is 1. The molecule has 1 aromatic carbocycles. The third kappa shape index (κ3) is 2.15. The fourth-order valence-electron chi connectivity index (χ4n) is 2.41. The molecule has 102 valence electrons. The molecule has 1 unspecified atom stereocenters. The van der Waals surface area contributed by atoms with Gasteiger partial charge in [-0.25, -0.2) is 13.4 Å². The maximum absolute atomic E-state index is 11.8. The lowest BCUT2D eigenvalue weighted by atomic mass is 10.3. The van der Waals surface area contributed by atoms with E-state index in [1.54, 1.807) is 12.1 Å². The van der Waals surface area contributed by atoms with Crippen LogP contribution < -0.4 is 0 Å². The van der Waals surface area contributed by atoms with Gasteiger partial charge in [0.2, 0.25) is 0 Å². The fraction of sp³-hybridized carbons (Fsp3) is 0.462. The Kier molecular flexibility index (Phi) is 2.87. The van der Waals surface area contributed by atoms with Gasteiger partial charge in [-0.2, -0.15) is 0 Å². The van der Waals surface area contributed by atoms with E-state index in [2.05, 4.69) is 9.55 Å². The van der Waals surface area contributed by atoms with E-state index < -0.39 is 9.84 Å². The van der Waals surface area contributed by atoms with Gasteiger partial charge in [-0.1, -0.05) is 6.07 Å². The van der Waals surface area contributed by atoms with Gasteiger partial charge < -0.3 is 4.57 Å². The lowest BCUT2D eigenvalue weighted by Crippen LogP contribution is -2.01. The molecule has 1 atom stereocenters. The van der Waals surface area contributed by atoms with Crippen molar-refractivity contribution in [2.45, 2.75) is 36.1 Å². The smallest absolute Gasteiger partial charge is 0.177 e. The second-order valence-corrected chi connectivity index (χ2v) is 7.72. The van der Waals surface area contributed by atoms with Crippen LogP contribution in [0.5, 0.6) is 0 Å². The van der Waals surface area contributed by atoms with Crippen molar-refractivity contribution in [3.05, 3.63) is 24.0 Å². The molecule has 6 heteroatoms. The number of hydrogen-bond acceptors (Lipinski definition) is 3. The summed E-state index contributed by atoms with van der Waals surface area (Å²) in [5.74, 6) is 0.760. The van der Waals surface area contributed by atoms with E-state index in [0.717, 1.165) is 24.2 Å². The molecule has 4 nitrogen and oxygen atoms in total. The molecule has 19 heavy (non-hydrogen) atoms. The van der Waals surface area contributed by atoms with Gasteiger partial charge in [0.25, 0.3) is 0 Å². The van der Waals surface area contributed by atoms with E-state index in [1.165, 1.54) is 6.26 Å². The molecule has 1 saturated carbocycles. The van der Waals surface area contributed by atoms with Crippen LogP contribution in [0.1, 0.15) is 37.0 Å². The highest BCUT2D eigenvalue weighted by Crippen LogP contribution is 2.41. The Morgan fingerprint density at radius 3 is 2.63 bits per heavy atom. The first-order chi connectivity index (χ1) is 8.89. The van der Waals surface area contributed by atoms with Crippen LogP contribution >= 0.6 is 11.6 Å². The molecule has 0 N–H and O–H groups in total. The molecule has 0 spiro atoms. The van der Waals surface area contributed by atoms with Crippen molar-refractivity contribution in [1.82, 2.24) is 9.55 Å². The van der Waals surface area contributed by atoms with Gasteiger partial charge in [0.05, 0.1) is 15.8 Å². The number of sulfone groups is 1. The second kappa shape index (κ2) is 4.21. The van der Waals surface area contributed by atoms with Crippen molar-refractivity contribution >= 4 is 32.5 Å². The van der Waals surface area contributed by atoms with Crippen LogP contribution in [0, 0.1) is 0 Å². The van der Waals surface area contributed by atoms with Crippen molar-refractivity contribution in [2.24, 2.45) is 0 Å². The van der Waals surface area contributed by atoms with Gasteiger partial charge in [0.15, 0.2) is 9.84 Å². The number of hydrogen-bond donors (Lipinski definition) is 0. The molecule has 1 fully saturated rings. The molecule has 0 amide bonds. The van der Waals surface area contributed by atoms with E-state index in [0.29, 0.717) is 11.6 Å². The molecule has 0 bridgehead atoms. The summed E-state index contributed by atoms with van der Waals surface area (Å²) in [5, 5.41) is -0.236. The number of halogens is 1. The Morgan fingerprint density at radius 2 is 2.11 bits per heavy atom. The fourth-order valence-corrected chi connectivity index (χ4v) is 3.39. The molecule has 2 aromatic rings. The van der Waals surface area contributed by atoms with Gasteiger partial charge in [-0.15, -0.1) is 11.6 Å². The highest BCUT2D eigenvalue weighted by Gasteiger charge is 2.30. The van der Waals surface area contributed by atoms with Gasteiger partial charge in [-0.05, 0) is 31.9 Å². The van der Waals surface area contributed by atoms with Crippen LogP contribution in [0.2, 0.25) is 0 Å². The van der Waals surface area contributed by atoms with Gasteiger partial charge in [0.1, 0.15) is 11.3 Å². The highest BCUT2D eigenvalue weighted by molar-refractivity contribution is 7.91. The van der Waals surface area contributed by atoms with Crippen molar-refractivity contribution in [2.75, 3.05) is 6.26 Å². The summed E-state index contributed by atoms with van der Waals surface area (Å²) in [6.07, 6.45) is 3.41. The summed E-state index contributed by atoms with van der Waals surface area (Å²) >= 11 is 6.19. The number of imidazole rings is 1. The number of rotatable bonds is 3. The molecular weight excluding hydrogens is 284 g/mol. The summed E-state index contributed by atoms with van der Waals surface area (Å²) in [6, 6.07) is 5.70. The minimum atomic E-state index is -3.28. The number of alkyl halides is 1. The third-order valence-corrected chi connectivity index (χ3v) is 4.70. The first-order valence-corrected chi connectivity index (χ1v) is 8.57. The average molecular weight is 299 g/mol. The van der Waals surface area contributed by atoms with E-state index in [1.807, 2.05) is 13.0 Å². The van der Waals surface area contributed by atoms with Crippen LogP contribution in [-0.4, -0.2) is 24.2 Å². The Bertz CT molecular complexity index is 745. The molecule has 0 radical (unpaired) electrons. The van der Waals surface area contributed by atoms with Gasteiger partial charge >= 0.3 is 0 Å². The van der Waals surface area contributed by atoms with Crippen LogP contribution in [-0.2, 0) is 9.84 Å². The maximum atomic E-state index is 11.8. The SMILES string of the molecule is CC(Cl)c1nc2c(S(C)(=O)=O)cccc2n1C1CC1. The molecule has 0 saturated heterocycles. The normalized spacial score (nSPS) is 17.8. The first kappa shape index (κ1) is 12.9. The molecule has 3 rings (SSSR count). The Labute approximate surface area is 117 Å². The van der Waals surface area contributed by atoms with Gasteiger partial charge in [-0.3, -0.25) is 0 Å². The number of nitrogens with zero attached hydrogens (tertiary/aromatic N) is 2. The average Bonchev–Trinajstić information content (AvgIpc) is 3.06. The summed E-state index contributed by atoms with van der Waals surface area (Å²) < 4.78 is 25.8. The van der Waals surface area contributed by atoms with Crippen molar-refractivity contribution in [1.29, 1.82) is 0 Å². The van der Waals surface area contributed by atoms with Crippen molar-refractivity contribution < 1.29 is 8.42 Å². The van der Waals surface area contributed by atoms with E-state index in [-0.39, 0.29) is 10.3 Å². The third-order valence-electron chi connectivity index (χ3n) is 3.38. The number of benzene rings is 1. The second-order valence-electron chi connectivity index (χ2n) is 5.08. The molecule has 1 heterocycles. The lowest BCUT2D eigenvalue weighted by Gasteiger charge is -2.08. The number of para-hydroxylation sites is 1. The van der Waals surface area contributed by atoms with E-state index >= 15 is 0 Å². The van der Waals surface area contributed by atoms with Crippen LogP contribution in [0.15, 0.2) is 23.1 Å². The molecule has 1 aromatic heterocycles. The summed E-state index contributed by atoms with van der Waals surface area (Å²) in [6.45, 7) is 1.86. The Balaban J connectivity index is 2.37. The lowest BCUT2D eigenvalue weighted by molar-refractivity contribution is 0.602. The zero-order chi connectivity index (χ0) is 13.8. The van der Waals surface area contributed by atoms with E-state index in [4.69, 9.17) is 11.6 Å². The number of aromatic nitrogens is 2. The van der Waals surface area contributed by atoms with E-state index in [9.17, 15) is 8.42 Å². The highest BCUT2D eigenvalue weighted by atomic mass is 35.5. The minimum Gasteiger partial charge on any atom is -0.324 e. The maximum Gasteiger partial charge on any atom is 0.177 e. The topological polar surface area (TPSA) is 52.0 Å². The Morgan fingerprint density at radius 1 is 1.42 bits per heavy atom. The Hall–Kier alpha value is -1.07. The zero-order valence-electron chi connectivity index (χ0n) is 10.8. The monoisotopic (exact) mass is 298 g/mol. The van der Waals surface area contributed by atoms with Gasteiger partial charge in [0, 0.05) is 12.3 Å². The van der Waals surface area contributed by atoms with Crippen LogP contribution in [0.25, 0.3) is 11.0 Å². The zero-order valence-corrected chi connectivity index (χ0v) is 12.4. The van der Waals surface area contributed by atoms with Crippen LogP contribution in [0.3, 0.4) is 0 Å². The predicted octanol–water partition coefficient (Wildman–Crippen LogP) is 3.07. The molecule has 0 aliphatic heterocycles. The molecular formula is C13H15ClN2O2S. The molecule has 1 aliphatic carbocycles. The summed E-state index contributed by atoms with van der Waals surface area (Å²) in [7, 11) is -3.28. The minimum absolute atomic E-state index is 0.236. The standard InChI is InChI=1S/C13H15ClN2O2S/c1-8(14)13-15-12-10(16(13)9-6-7-9)4-3-5-11(12)19(2,17)18/h3-5,8-9H,6-7H2,1-2H3. The van der Waals surface area contributed by atoms with Crippen molar-refractivity contribution in [3.8, 4) is 0 Å². The largest absolute Gasteiger partial charge is 0.324 e. The summed E-state index contributed by atoms with van der Waals surface area (Å²) in [5.41, 5.74) is 1.41.